The summed E-state index contributed by atoms with van der Waals surface area (Å²) in [6, 6.07) is 10.2. The van der Waals surface area contributed by atoms with Crippen LogP contribution >= 0.6 is 0 Å². The number of benzene rings is 1. The fourth-order valence-electron chi connectivity index (χ4n) is 1.73. The van der Waals surface area contributed by atoms with Gasteiger partial charge in [-0.2, -0.15) is 0 Å². The molecule has 0 unspecified atom stereocenters. The van der Waals surface area contributed by atoms with Crippen molar-refractivity contribution in [1.82, 2.24) is 4.98 Å². The van der Waals surface area contributed by atoms with E-state index in [1.807, 2.05) is 19.1 Å². The predicted molar refractivity (Wildman–Crippen MR) is 65.4 cm³/mol. The molecule has 0 saturated heterocycles. The monoisotopic (exact) mass is 213 g/mol. The number of rotatable bonds is 4. The number of carbonyl (C=O) groups is 1. The second kappa shape index (κ2) is 4.88. The Labute approximate surface area is 95.3 Å². The van der Waals surface area contributed by atoms with Crippen LogP contribution in [0.2, 0.25) is 0 Å². The first-order chi connectivity index (χ1) is 7.79. The molecule has 2 rings (SSSR count). The van der Waals surface area contributed by atoms with Crippen LogP contribution in [0.4, 0.5) is 0 Å². The quantitative estimate of drug-likeness (QED) is 0.781. The maximum atomic E-state index is 11.2. The van der Waals surface area contributed by atoms with E-state index in [2.05, 4.69) is 23.2 Å². The highest BCUT2D eigenvalue weighted by atomic mass is 16.1. The van der Waals surface area contributed by atoms with Crippen molar-refractivity contribution in [2.75, 3.05) is 0 Å². The van der Waals surface area contributed by atoms with Gasteiger partial charge in [-0.25, -0.2) is 0 Å². The lowest BCUT2D eigenvalue weighted by Crippen LogP contribution is -1.97. The molecule has 16 heavy (non-hydrogen) atoms. The number of hydrogen-bond donors (Lipinski definition) is 0. The standard InChI is InChI=1S/C14H15NO/c1-2-13(16)8-6-11-5-7-12-4-3-9-15-14(12)10-11/h3-5,7,9-10H,2,6,8H2,1H3. The van der Waals surface area contributed by atoms with E-state index in [9.17, 15) is 4.79 Å². The van der Waals surface area contributed by atoms with Crippen molar-refractivity contribution in [2.24, 2.45) is 0 Å². The summed E-state index contributed by atoms with van der Waals surface area (Å²) in [5.41, 5.74) is 2.19. The van der Waals surface area contributed by atoms with Crippen LogP contribution in [-0.2, 0) is 11.2 Å². The number of nitrogens with zero attached hydrogens (tertiary/aromatic N) is 1. The minimum absolute atomic E-state index is 0.320. The van der Waals surface area contributed by atoms with Gasteiger partial charge >= 0.3 is 0 Å². The predicted octanol–water partition coefficient (Wildman–Crippen LogP) is 3.15. The van der Waals surface area contributed by atoms with Crippen LogP contribution in [0.1, 0.15) is 25.3 Å². The number of Topliss-reactive ketones (excluding diaryl/α,β-unsaturated/α-hetero) is 1. The first-order valence-corrected chi connectivity index (χ1v) is 5.65. The van der Waals surface area contributed by atoms with Gasteiger partial charge in [0.05, 0.1) is 5.52 Å². The molecule has 0 bridgehead atoms. The number of aryl methyl sites for hydroxylation is 1. The van der Waals surface area contributed by atoms with Gasteiger partial charge in [0.25, 0.3) is 0 Å². The summed E-state index contributed by atoms with van der Waals surface area (Å²) in [4.78, 5) is 15.5. The zero-order valence-electron chi connectivity index (χ0n) is 9.44. The van der Waals surface area contributed by atoms with Crippen molar-refractivity contribution in [3.63, 3.8) is 0 Å². The summed E-state index contributed by atoms with van der Waals surface area (Å²) in [5, 5.41) is 1.15. The molecule has 82 valence electrons. The zero-order chi connectivity index (χ0) is 11.4. The van der Waals surface area contributed by atoms with Gasteiger partial charge in [0.1, 0.15) is 5.78 Å². The molecule has 2 nitrogen and oxygen atoms in total. The van der Waals surface area contributed by atoms with Crippen LogP contribution in [0.5, 0.6) is 0 Å². The summed E-state index contributed by atoms with van der Waals surface area (Å²) >= 11 is 0. The number of hydrogen-bond acceptors (Lipinski definition) is 2. The van der Waals surface area contributed by atoms with E-state index in [-0.39, 0.29) is 0 Å². The summed E-state index contributed by atoms with van der Waals surface area (Å²) in [6.07, 6.45) is 3.88. The Morgan fingerprint density at radius 3 is 3.00 bits per heavy atom. The van der Waals surface area contributed by atoms with E-state index >= 15 is 0 Å². The second-order valence-corrected chi connectivity index (χ2v) is 3.92. The van der Waals surface area contributed by atoms with E-state index in [4.69, 9.17) is 0 Å². The Morgan fingerprint density at radius 2 is 2.19 bits per heavy atom. The Bertz CT molecular complexity index is 505. The number of pyridine rings is 1. The summed E-state index contributed by atoms with van der Waals surface area (Å²) < 4.78 is 0. The molecule has 2 heteroatoms. The van der Waals surface area contributed by atoms with Gasteiger partial charge in [-0.1, -0.05) is 25.1 Å². The highest BCUT2D eigenvalue weighted by Gasteiger charge is 2.01. The van der Waals surface area contributed by atoms with Gasteiger partial charge in [-0.3, -0.25) is 9.78 Å². The van der Waals surface area contributed by atoms with Gasteiger partial charge < -0.3 is 0 Å². The molecule has 0 aliphatic rings. The Balaban J connectivity index is 2.16. The van der Waals surface area contributed by atoms with Gasteiger partial charge in [0, 0.05) is 24.4 Å². The first kappa shape index (κ1) is 10.8. The average molecular weight is 213 g/mol. The largest absolute Gasteiger partial charge is 0.300 e. The maximum absolute atomic E-state index is 11.2. The number of carbonyl (C=O) groups excluding carboxylic acids is 1. The van der Waals surface area contributed by atoms with E-state index < -0.39 is 0 Å². The van der Waals surface area contributed by atoms with E-state index in [0.29, 0.717) is 18.6 Å². The Kier molecular flexibility index (Phi) is 3.30. The summed E-state index contributed by atoms with van der Waals surface area (Å²) in [7, 11) is 0. The van der Waals surface area contributed by atoms with Crippen molar-refractivity contribution in [3.8, 4) is 0 Å². The van der Waals surface area contributed by atoms with E-state index in [0.717, 1.165) is 17.3 Å². The molecule has 0 amide bonds. The lowest BCUT2D eigenvalue weighted by atomic mass is 10.0. The van der Waals surface area contributed by atoms with Gasteiger partial charge in [0.2, 0.25) is 0 Å². The van der Waals surface area contributed by atoms with Crippen molar-refractivity contribution >= 4 is 16.7 Å². The minimum Gasteiger partial charge on any atom is -0.300 e. The SMILES string of the molecule is CCC(=O)CCc1ccc2cccnc2c1. The molecule has 0 radical (unpaired) electrons. The summed E-state index contributed by atoms with van der Waals surface area (Å²) in [6.45, 7) is 1.91. The molecular weight excluding hydrogens is 198 g/mol. The van der Waals surface area contributed by atoms with Crippen molar-refractivity contribution in [3.05, 3.63) is 42.1 Å². The lowest BCUT2D eigenvalue weighted by Gasteiger charge is -2.02. The third-order valence-electron chi connectivity index (χ3n) is 2.76. The zero-order valence-corrected chi connectivity index (χ0v) is 9.44. The van der Waals surface area contributed by atoms with Crippen LogP contribution < -0.4 is 0 Å². The minimum atomic E-state index is 0.320. The number of aromatic nitrogens is 1. The van der Waals surface area contributed by atoms with E-state index in [1.54, 1.807) is 6.20 Å². The molecule has 0 N–H and O–H groups in total. The van der Waals surface area contributed by atoms with Crippen LogP contribution in [0.25, 0.3) is 10.9 Å². The normalized spacial score (nSPS) is 10.6. The molecular formula is C14H15NO. The third kappa shape index (κ3) is 2.45. The molecule has 0 spiro atoms. The summed E-state index contributed by atoms with van der Waals surface area (Å²) in [5.74, 6) is 0.320. The average Bonchev–Trinajstić information content (AvgIpc) is 2.35. The third-order valence-corrected chi connectivity index (χ3v) is 2.76. The molecule has 0 saturated carbocycles. The molecule has 1 heterocycles. The van der Waals surface area contributed by atoms with E-state index in [1.165, 1.54) is 5.56 Å². The fraction of sp³-hybridized carbons (Fsp3) is 0.286. The van der Waals surface area contributed by atoms with Gasteiger partial charge in [-0.05, 0) is 24.1 Å². The molecule has 1 aromatic carbocycles. The molecule has 0 aliphatic heterocycles. The van der Waals surface area contributed by atoms with Crippen molar-refractivity contribution in [1.29, 1.82) is 0 Å². The second-order valence-electron chi connectivity index (χ2n) is 3.92. The molecule has 0 atom stereocenters. The molecule has 0 aliphatic carbocycles. The number of fused-ring (bicyclic) bond motifs is 1. The first-order valence-electron chi connectivity index (χ1n) is 5.65. The fourth-order valence-corrected chi connectivity index (χ4v) is 1.73. The highest BCUT2D eigenvalue weighted by molar-refractivity contribution is 5.80. The van der Waals surface area contributed by atoms with Gasteiger partial charge in [0.15, 0.2) is 0 Å². The maximum Gasteiger partial charge on any atom is 0.132 e. The lowest BCUT2D eigenvalue weighted by molar-refractivity contribution is -0.118. The molecule has 0 fully saturated rings. The Morgan fingerprint density at radius 1 is 1.31 bits per heavy atom. The smallest absolute Gasteiger partial charge is 0.132 e. The topological polar surface area (TPSA) is 30.0 Å². The van der Waals surface area contributed by atoms with Crippen LogP contribution in [0.3, 0.4) is 0 Å². The number of ketones is 1. The molecule has 1 aromatic heterocycles. The van der Waals surface area contributed by atoms with Gasteiger partial charge in [-0.15, -0.1) is 0 Å². The van der Waals surface area contributed by atoms with Crippen LogP contribution in [0.15, 0.2) is 36.5 Å². The molecule has 2 aromatic rings. The van der Waals surface area contributed by atoms with Crippen LogP contribution in [-0.4, -0.2) is 10.8 Å². The Hall–Kier alpha value is -1.70. The highest BCUT2D eigenvalue weighted by Crippen LogP contribution is 2.14. The van der Waals surface area contributed by atoms with Crippen molar-refractivity contribution < 1.29 is 4.79 Å². The van der Waals surface area contributed by atoms with Crippen LogP contribution in [0, 0.1) is 0 Å². The van der Waals surface area contributed by atoms with Crippen molar-refractivity contribution in [2.45, 2.75) is 26.2 Å².